The summed E-state index contributed by atoms with van der Waals surface area (Å²) >= 11 is 0. The van der Waals surface area contributed by atoms with Gasteiger partial charge in [-0.3, -0.25) is 4.99 Å². The second-order valence-corrected chi connectivity index (χ2v) is 11.8. The molecule has 3 aromatic rings. The van der Waals surface area contributed by atoms with Gasteiger partial charge in [0.25, 0.3) is 0 Å². The molecule has 2 N–H and O–H groups in total. The second-order valence-electron chi connectivity index (χ2n) is 10.9. The molecule has 4 heterocycles. The molecular formula is C28H29FN6O3S. The van der Waals surface area contributed by atoms with E-state index in [0.717, 1.165) is 86.0 Å². The molecular weight excluding hydrogens is 519 g/mol. The molecule has 9 nitrogen and oxygen atoms in total. The monoisotopic (exact) mass is 548 g/mol. The number of anilines is 2. The minimum Gasteiger partial charge on any atom is -0.358 e. The third kappa shape index (κ3) is 4.24. The molecule has 3 aliphatic heterocycles. The van der Waals surface area contributed by atoms with Gasteiger partial charge < -0.3 is 19.7 Å². The summed E-state index contributed by atoms with van der Waals surface area (Å²) in [7, 11) is -5.07. The highest BCUT2D eigenvalue weighted by atomic mass is 32.3. The van der Waals surface area contributed by atoms with Gasteiger partial charge in [0.2, 0.25) is 0 Å². The molecule has 0 saturated carbocycles. The van der Waals surface area contributed by atoms with E-state index in [9.17, 15) is 12.3 Å². The average molecular weight is 549 g/mol. The fourth-order valence-corrected chi connectivity index (χ4v) is 7.08. The fraction of sp³-hybridized carbons (Fsp3) is 0.393. The number of benzene rings is 2. The van der Waals surface area contributed by atoms with Crippen molar-refractivity contribution in [1.29, 1.82) is 0 Å². The summed E-state index contributed by atoms with van der Waals surface area (Å²) in [6, 6.07) is 13.4. The van der Waals surface area contributed by atoms with Crippen molar-refractivity contribution in [3.63, 3.8) is 0 Å². The van der Waals surface area contributed by atoms with Gasteiger partial charge in [0.1, 0.15) is 17.3 Å². The fourth-order valence-electron chi connectivity index (χ4n) is 6.75. The summed E-state index contributed by atoms with van der Waals surface area (Å²) in [5, 5.41) is 0. The Morgan fingerprint density at radius 3 is 2.69 bits per heavy atom. The summed E-state index contributed by atoms with van der Waals surface area (Å²) in [6.45, 7) is 2.98. The highest BCUT2D eigenvalue weighted by Crippen LogP contribution is 2.51. The van der Waals surface area contributed by atoms with Crippen LogP contribution < -0.4 is 19.7 Å². The van der Waals surface area contributed by atoms with Gasteiger partial charge in [-0.05, 0) is 72.4 Å². The first-order valence-electron chi connectivity index (χ1n) is 13.3. The molecule has 202 valence electrons. The van der Waals surface area contributed by atoms with Crippen LogP contribution in [-0.2, 0) is 29.9 Å². The number of aromatic nitrogens is 2. The first-order chi connectivity index (χ1) is 18.8. The number of rotatable bonds is 3. The summed E-state index contributed by atoms with van der Waals surface area (Å²) in [4.78, 5) is 18.9. The van der Waals surface area contributed by atoms with Crippen molar-refractivity contribution < 1.29 is 16.5 Å². The Balaban J connectivity index is 1.08. The Morgan fingerprint density at radius 2 is 1.90 bits per heavy atom. The van der Waals surface area contributed by atoms with Gasteiger partial charge >= 0.3 is 10.5 Å². The second kappa shape index (κ2) is 8.99. The van der Waals surface area contributed by atoms with E-state index >= 15 is 0 Å². The Bertz CT molecular complexity index is 1600. The highest BCUT2D eigenvalue weighted by Gasteiger charge is 2.46. The van der Waals surface area contributed by atoms with Crippen LogP contribution in [0.4, 0.5) is 15.4 Å². The SMILES string of the molecule is N[C@@H]1c2ccccc2CC12CCN(c1cnc3c(n1)CN=C3N1CCCc3cc(OS(=O)(=O)F)ccc31)CC2. The van der Waals surface area contributed by atoms with E-state index in [1.807, 2.05) is 6.20 Å². The maximum Gasteiger partial charge on any atom is 0.488 e. The lowest BCUT2D eigenvalue weighted by Crippen LogP contribution is -2.44. The van der Waals surface area contributed by atoms with Crippen LogP contribution >= 0.6 is 0 Å². The van der Waals surface area contributed by atoms with E-state index in [-0.39, 0.29) is 17.2 Å². The lowest BCUT2D eigenvalue weighted by atomic mass is 9.73. The van der Waals surface area contributed by atoms with Gasteiger partial charge in [-0.1, -0.05) is 28.2 Å². The minimum atomic E-state index is -5.07. The number of piperidine rings is 1. The molecule has 2 aromatic carbocycles. The van der Waals surface area contributed by atoms with Crippen LogP contribution in [0.15, 0.2) is 53.7 Å². The Hall–Kier alpha value is -3.57. The van der Waals surface area contributed by atoms with E-state index in [4.69, 9.17) is 20.7 Å². The van der Waals surface area contributed by atoms with Gasteiger partial charge in [0.05, 0.1) is 18.4 Å². The maximum absolute atomic E-state index is 13.0. The zero-order valence-electron chi connectivity index (χ0n) is 21.4. The third-order valence-corrected chi connectivity index (χ3v) is 9.11. The smallest absolute Gasteiger partial charge is 0.358 e. The molecule has 0 bridgehead atoms. The molecule has 1 spiro atoms. The molecule has 39 heavy (non-hydrogen) atoms. The molecule has 7 rings (SSSR count). The largest absolute Gasteiger partial charge is 0.488 e. The predicted octanol–water partition coefficient (Wildman–Crippen LogP) is 3.63. The maximum atomic E-state index is 13.0. The number of fused-ring (bicyclic) bond motifs is 3. The van der Waals surface area contributed by atoms with Crippen LogP contribution in [0.5, 0.6) is 5.75 Å². The van der Waals surface area contributed by atoms with Crippen LogP contribution in [0.1, 0.15) is 53.4 Å². The number of hydrogen-bond acceptors (Lipinski definition) is 9. The lowest BCUT2D eigenvalue weighted by Gasteiger charge is -2.42. The molecule has 1 atom stereocenters. The molecule has 4 aliphatic rings. The predicted molar refractivity (Wildman–Crippen MR) is 146 cm³/mol. The van der Waals surface area contributed by atoms with Gasteiger partial charge in [-0.2, -0.15) is 8.42 Å². The van der Waals surface area contributed by atoms with Gasteiger partial charge in [-0.25, -0.2) is 9.97 Å². The molecule has 11 heteroatoms. The van der Waals surface area contributed by atoms with Crippen LogP contribution in [0.3, 0.4) is 0 Å². The van der Waals surface area contributed by atoms with Crippen LogP contribution in [0.25, 0.3) is 0 Å². The van der Waals surface area contributed by atoms with E-state index < -0.39 is 10.5 Å². The first kappa shape index (κ1) is 24.5. The summed E-state index contributed by atoms with van der Waals surface area (Å²) < 4.78 is 39.2. The average Bonchev–Trinajstić information content (AvgIpc) is 3.46. The standard InChI is InChI=1S/C28H29FN6O3S/c29-39(36,37)38-20-7-8-23-18(14-20)5-3-11-35(23)27-25-22(16-32-27)33-24(17-31-25)34-12-9-28(10-13-34)15-19-4-1-2-6-21(19)26(28)30/h1-2,4,6-8,14,17,26H,3,5,9-13,15-16,30H2/t26-/m1/s1. The van der Waals surface area contributed by atoms with E-state index in [0.29, 0.717) is 6.54 Å². The van der Waals surface area contributed by atoms with Crippen molar-refractivity contribution in [2.24, 2.45) is 16.1 Å². The topological polar surface area (TPSA) is 114 Å². The summed E-state index contributed by atoms with van der Waals surface area (Å²) in [5.74, 6) is 1.59. The summed E-state index contributed by atoms with van der Waals surface area (Å²) in [6.07, 6.45) is 6.48. The number of amidine groups is 1. The minimum absolute atomic E-state index is 0.0398. The molecule has 1 aromatic heterocycles. The molecule has 0 radical (unpaired) electrons. The van der Waals surface area contributed by atoms with Crippen LogP contribution in [-0.4, -0.2) is 43.9 Å². The van der Waals surface area contributed by atoms with Gasteiger partial charge in [0.15, 0.2) is 5.84 Å². The van der Waals surface area contributed by atoms with Gasteiger partial charge in [-0.15, -0.1) is 0 Å². The van der Waals surface area contributed by atoms with Crippen molar-refractivity contribution >= 4 is 27.8 Å². The normalized spacial score (nSPS) is 21.4. The van der Waals surface area contributed by atoms with Crippen molar-refractivity contribution in [2.75, 3.05) is 29.4 Å². The van der Waals surface area contributed by atoms with E-state index in [1.54, 1.807) is 12.1 Å². The molecule has 0 amide bonds. The number of halogens is 1. The number of aliphatic imine (C=N–C) groups is 1. The zero-order chi connectivity index (χ0) is 26.8. The van der Waals surface area contributed by atoms with E-state index in [1.165, 1.54) is 17.2 Å². The Kier molecular flexibility index (Phi) is 5.64. The van der Waals surface area contributed by atoms with E-state index in [2.05, 4.69) is 38.2 Å². The Labute approximate surface area is 227 Å². The summed E-state index contributed by atoms with van der Waals surface area (Å²) in [5.41, 5.74) is 12.9. The number of aryl methyl sites for hydroxylation is 1. The van der Waals surface area contributed by atoms with Crippen molar-refractivity contribution in [3.8, 4) is 5.75 Å². The molecule has 0 unspecified atom stereocenters. The van der Waals surface area contributed by atoms with Crippen molar-refractivity contribution in [3.05, 3.63) is 76.7 Å². The van der Waals surface area contributed by atoms with Crippen molar-refractivity contribution in [2.45, 2.75) is 44.7 Å². The lowest BCUT2D eigenvalue weighted by molar-refractivity contribution is 0.187. The quantitative estimate of drug-likeness (QED) is 0.494. The Morgan fingerprint density at radius 1 is 1.08 bits per heavy atom. The van der Waals surface area contributed by atoms with Crippen LogP contribution in [0.2, 0.25) is 0 Å². The number of nitrogens with zero attached hydrogens (tertiary/aromatic N) is 5. The zero-order valence-corrected chi connectivity index (χ0v) is 22.2. The molecule has 1 fully saturated rings. The molecule has 1 saturated heterocycles. The highest BCUT2D eigenvalue weighted by molar-refractivity contribution is 7.81. The third-order valence-electron chi connectivity index (χ3n) is 8.72. The van der Waals surface area contributed by atoms with Gasteiger partial charge in [0, 0.05) is 31.4 Å². The number of hydrogen-bond donors (Lipinski definition) is 1. The van der Waals surface area contributed by atoms with Crippen LogP contribution in [0, 0.1) is 5.41 Å². The molecule has 1 aliphatic carbocycles. The van der Waals surface area contributed by atoms with Crippen molar-refractivity contribution in [1.82, 2.24) is 9.97 Å². The number of nitrogens with two attached hydrogens (primary N) is 1. The first-order valence-corrected chi connectivity index (χ1v) is 14.6.